The van der Waals surface area contributed by atoms with Gasteiger partial charge in [0, 0.05) is 5.92 Å². The smallest absolute Gasteiger partial charge is 0.0791 e. The van der Waals surface area contributed by atoms with Crippen molar-refractivity contribution in [1.82, 2.24) is 0 Å². The normalized spacial score (nSPS) is 18.0. The first-order chi connectivity index (χ1) is 13.2. The summed E-state index contributed by atoms with van der Waals surface area (Å²) in [5, 5.41) is 1.87. The largest absolute Gasteiger partial charge is 0.0808 e. The fourth-order valence-corrected chi connectivity index (χ4v) is 9.02. The molecule has 0 radical (unpaired) electrons. The van der Waals surface area contributed by atoms with Gasteiger partial charge in [-0.15, -0.1) is 0 Å². The van der Waals surface area contributed by atoms with Gasteiger partial charge in [-0.1, -0.05) is 113 Å². The van der Waals surface area contributed by atoms with Gasteiger partial charge in [-0.2, -0.15) is 0 Å². The topological polar surface area (TPSA) is 0 Å². The minimum Gasteiger partial charge on any atom is -0.0791 e. The van der Waals surface area contributed by atoms with E-state index in [0.717, 1.165) is 0 Å². The molecule has 0 bridgehead atoms. The van der Waals surface area contributed by atoms with Crippen LogP contribution >= 0.6 is 0 Å². The fraction of sp³-hybridized carbons (Fsp3) is 0.615. The van der Waals surface area contributed by atoms with Crippen LogP contribution in [0.4, 0.5) is 0 Å². The highest BCUT2D eigenvalue weighted by molar-refractivity contribution is 6.86. The van der Waals surface area contributed by atoms with Crippen molar-refractivity contribution in [3.05, 3.63) is 58.3 Å². The SMILES string of the molecule is CCCCC1=C(CCCC)C(c2ccccc2)CC([Si](CC)(CC)CC)=C1. The molecule has 0 aliphatic heterocycles. The first-order valence-electron chi connectivity index (χ1n) is 11.6. The van der Waals surface area contributed by atoms with Gasteiger partial charge < -0.3 is 0 Å². The number of hydrogen-bond acceptors (Lipinski definition) is 0. The number of hydrogen-bond donors (Lipinski definition) is 0. The summed E-state index contributed by atoms with van der Waals surface area (Å²) in [4.78, 5) is 0. The molecule has 1 aliphatic rings. The highest BCUT2D eigenvalue weighted by atomic mass is 28.3. The summed E-state index contributed by atoms with van der Waals surface area (Å²) in [5.74, 6) is 0.626. The maximum atomic E-state index is 2.73. The molecule has 0 aromatic heterocycles. The van der Waals surface area contributed by atoms with E-state index in [9.17, 15) is 0 Å². The maximum Gasteiger partial charge on any atom is 0.0808 e. The van der Waals surface area contributed by atoms with Crippen LogP contribution in [0.1, 0.15) is 91.0 Å². The van der Waals surface area contributed by atoms with Gasteiger partial charge in [-0.05, 0) is 43.2 Å². The Morgan fingerprint density at radius 1 is 0.815 bits per heavy atom. The lowest BCUT2D eigenvalue weighted by molar-refractivity contribution is 0.661. The van der Waals surface area contributed by atoms with E-state index in [1.165, 1.54) is 63.1 Å². The van der Waals surface area contributed by atoms with Gasteiger partial charge in [-0.3, -0.25) is 0 Å². The number of allylic oxidation sites excluding steroid dienone is 4. The Morgan fingerprint density at radius 3 is 1.96 bits per heavy atom. The zero-order chi connectivity index (χ0) is 19.7. The quantitative estimate of drug-likeness (QED) is 0.335. The van der Waals surface area contributed by atoms with E-state index in [-0.39, 0.29) is 0 Å². The Hall–Kier alpha value is -1.08. The second-order valence-electron chi connectivity index (χ2n) is 8.44. The molecule has 0 amide bonds. The summed E-state index contributed by atoms with van der Waals surface area (Å²) in [6.45, 7) is 12.0. The van der Waals surface area contributed by atoms with Gasteiger partial charge in [-0.25, -0.2) is 0 Å². The van der Waals surface area contributed by atoms with Gasteiger partial charge in [0.1, 0.15) is 0 Å². The molecule has 27 heavy (non-hydrogen) atoms. The molecule has 1 atom stereocenters. The van der Waals surface area contributed by atoms with Crippen LogP contribution < -0.4 is 0 Å². The Kier molecular flexibility index (Phi) is 9.09. The summed E-state index contributed by atoms with van der Waals surface area (Å²) in [6.07, 6.45) is 11.8. The highest BCUT2D eigenvalue weighted by Crippen LogP contribution is 2.45. The molecule has 1 unspecified atom stereocenters. The second kappa shape index (κ2) is 11.0. The lowest BCUT2D eigenvalue weighted by atomic mass is 9.78. The Labute approximate surface area is 170 Å². The van der Waals surface area contributed by atoms with Crippen molar-refractivity contribution in [1.29, 1.82) is 0 Å². The molecule has 150 valence electrons. The molecular formula is C26H42Si. The van der Waals surface area contributed by atoms with Gasteiger partial charge in [0.2, 0.25) is 0 Å². The molecule has 1 aromatic rings. The Balaban J connectivity index is 2.54. The van der Waals surface area contributed by atoms with Crippen molar-refractivity contribution in [3.8, 4) is 0 Å². The van der Waals surface area contributed by atoms with Crippen molar-refractivity contribution in [2.45, 2.75) is 104 Å². The summed E-state index contributed by atoms with van der Waals surface area (Å²) < 4.78 is 0. The van der Waals surface area contributed by atoms with Gasteiger partial charge in [0.15, 0.2) is 0 Å². The molecular weight excluding hydrogens is 340 g/mol. The predicted octanol–water partition coefficient (Wildman–Crippen LogP) is 8.83. The molecule has 1 aliphatic carbocycles. The third-order valence-electron chi connectivity index (χ3n) is 7.12. The van der Waals surface area contributed by atoms with E-state index in [4.69, 9.17) is 0 Å². The van der Waals surface area contributed by atoms with Crippen LogP contribution in [-0.2, 0) is 0 Å². The molecule has 0 saturated carbocycles. The first kappa shape index (κ1) is 22.2. The zero-order valence-corrected chi connectivity index (χ0v) is 19.6. The lowest BCUT2D eigenvalue weighted by Crippen LogP contribution is -2.36. The third-order valence-corrected chi connectivity index (χ3v) is 12.9. The molecule has 1 aromatic carbocycles. The van der Waals surface area contributed by atoms with Crippen LogP contribution in [0, 0.1) is 0 Å². The summed E-state index contributed by atoms with van der Waals surface area (Å²) in [5.41, 5.74) is 5.04. The van der Waals surface area contributed by atoms with Crippen LogP contribution in [0.15, 0.2) is 52.8 Å². The van der Waals surface area contributed by atoms with E-state index in [1.807, 2.05) is 5.20 Å². The highest BCUT2D eigenvalue weighted by Gasteiger charge is 2.36. The lowest BCUT2D eigenvalue weighted by Gasteiger charge is -2.38. The maximum absolute atomic E-state index is 2.73. The molecule has 0 N–H and O–H groups in total. The van der Waals surface area contributed by atoms with Crippen molar-refractivity contribution in [3.63, 3.8) is 0 Å². The monoisotopic (exact) mass is 382 g/mol. The van der Waals surface area contributed by atoms with Crippen LogP contribution in [0.25, 0.3) is 0 Å². The molecule has 1 heteroatoms. The molecule has 2 rings (SSSR count). The van der Waals surface area contributed by atoms with Crippen molar-refractivity contribution >= 4 is 8.07 Å². The van der Waals surface area contributed by atoms with Gasteiger partial charge >= 0.3 is 0 Å². The molecule has 0 spiro atoms. The molecule has 0 nitrogen and oxygen atoms in total. The van der Waals surface area contributed by atoms with E-state index in [0.29, 0.717) is 5.92 Å². The fourth-order valence-electron chi connectivity index (χ4n) is 5.04. The zero-order valence-electron chi connectivity index (χ0n) is 18.6. The minimum absolute atomic E-state index is 0.626. The summed E-state index contributed by atoms with van der Waals surface area (Å²) in [6, 6.07) is 15.6. The van der Waals surface area contributed by atoms with E-state index >= 15 is 0 Å². The van der Waals surface area contributed by atoms with Gasteiger partial charge in [0.25, 0.3) is 0 Å². The van der Waals surface area contributed by atoms with E-state index in [2.05, 4.69) is 71.0 Å². The summed E-state index contributed by atoms with van der Waals surface area (Å²) >= 11 is 0. The number of rotatable bonds is 11. The number of benzene rings is 1. The Morgan fingerprint density at radius 2 is 1.41 bits per heavy atom. The van der Waals surface area contributed by atoms with E-state index in [1.54, 1.807) is 16.7 Å². The average molecular weight is 383 g/mol. The van der Waals surface area contributed by atoms with Crippen LogP contribution in [-0.4, -0.2) is 8.07 Å². The second-order valence-corrected chi connectivity index (χ2v) is 13.8. The van der Waals surface area contributed by atoms with Crippen molar-refractivity contribution in [2.24, 2.45) is 0 Å². The third kappa shape index (κ3) is 5.25. The molecule has 0 saturated heterocycles. The number of unbranched alkanes of at least 4 members (excludes halogenated alkanes) is 2. The molecule has 0 heterocycles. The van der Waals surface area contributed by atoms with Gasteiger partial charge in [0.05, 0.1) is 8.07 Å². The van der Waals surface area contributed by atoms with Crippen LogP contribution in [0.3, 0.4) is 0 Å². The Bertz CT molecular complexity index is 611. The summed E-state index contributed by atoms with van der Waals surface area (Å²) in [7, 11) is -1.31. The predicted molar refractivity (Wildman–Crippen MR) is 125 cm³/mol. The van der Waals surface area contributed by atoms with E-state index < -0.39 is 8.07 Å². The van der Waals surface area contributed by atoms with Crippen LogP contribution in [0.2, 0.25) is 18.1 Å². The van der Waals surface area contributed by atoms with Crippen LogP contribution in [0.5, 0.6) is 0 Å². The first-order valence-corrected chi connectivity index (χ1v) is 14.3. The molecule has 0 fully saturated rings. The minimum atomic E-state index is -1.31. The standard InChI is InChI=1S/C26H42Si/c1-6-11-16-23-20-24(27(8-3,9-4)10-5)21-26(25(23)19-12-7-2)22-17-14-13-15-18-22/h13-15,17-18,20,26H,6-12,16,19,21H2,1-5H3. The van der Waals surface area contributed by atoms with Crippen molar-refractivity contribution in [2.75, 3.05) is 0 Å². The van der Waals surface area contributed by atoms with Crippen molar-refractivity contribution < 1.29 is 0 Å². The average Bonchev–Trinajstić information content (AvgIpc) is 2.73.